The molecule has 1 atom stereocenters. The number of piperazine rings is 1. The average molecular weight is 430 g/mol. The number of aromatic nitrogens is 2. The Morgan fingerprint density at radius 1 is 1.10 bits per heavy atom. The molecule has 0 radical (unpaired) electrons. The van der Waals surface area contributed by atoms with Crippen LogP contribution in [-0.2, 0) is 4.79 Å². The maximum Gasteiger partial charge on any atom is 0.225 e. The molecular formula is C23H39N7O. The van der Waals surface area contributed by atoms with E-state index >= 15 is 0 Å². The molecule has 8 heteroatoms. The smallest absolute Gasteiger partial charge is 0.225 e. The second-order valence-corrected chi connectivity index (χ2v) is 8.47. The van der Waals surface area contributed by atoms with Crippen molar-refractivity contribution in [2.75, 3.05) is 57.3 Å². The van der Waals surface area contributed by atoms with Gasteiger partial charge in [0.15, 0.2) is 5.96 Å². The van der Waals surface area contributed by atoms with E-state index in [0.29, 0.717) is 26.1 Å². The van der Waals surface area contributed by atoms with E-state index < -0.39 is 0 Å². The molecule has 2 aliphatic heterocycles. The van der Waals surface area contributed by atoms with Gasteiger partial charge < -0.3 is 20.0 Å². The summed E-state index contributed by atoms with van der Waals surface area (Å²) in [6, 6.07) is 1.82. The molecule has 1 amide bonds. The molecule has 3 heterocycles. The first-order valence-electron chi connectivity index (χ1n) is 12.0. The number of nitrogens with zero attached hydrogens (tertiary/aromatic N) is 6. The van der Waals surface area contributed by atoms with E-state index in [2.05, 4.69) is 45.9 Å². The summed E-state index contributed by atoms with van der Waals surface area (Å²) in [5.41, 5.74) is 0. The molecular weight excluding hydrogens is 390 g/mol. The lowest BCUT2D eigenvalue weighted by Crippen LogP contribution is -2.49. The van der Waals surface area contributed by atoms with Crippen LogP contribution in [0.15, 0.2) is 23.5 Å². The number of hydrogen-bond donors (Lipinski definition) is 1. The third-order valence-electron chi connectivity index (χ3n) is 6.63. The number of hydrogen-bond acceptors (Lipinski definition) is 5. The van der Waals surface area contributed by atoms with Gasteiger partial charge in [-0.3, -0.25) is 9.79 Å². The highest BCUT2D eigenvalue weighted by molar-refractivity contribution is 5.81. The third kappa shape index (κ3) is 6.31. The summed E-state index contributed by atoms with van der Waals surface area (Å²) in [4.78, 5) is 32.6. The summed E-state index contributed by atoms with van der Waals surface area (Å²) < 4.78 is 0. The fourth-order valence-electron chi connectivity index (χ4n) is 4.77. The minimum absolute atomic E-state index is 0.185. The molecule has 1 aromatic heterocycles. The lowest BCUT2D eigenvalue weighted by Gasteiger charge is -2.34. The molecule has 1 unspecified atom stereocenters. The Hall–Kier alpha value is -2.38. The number of guanidine groups is 1. The van der Waals surface area contributed by atoms with E-state index in [1.807, 2.05) is 11.0 Å². The molecule has 2 saturated heterocycles. The fourth-order valence-corrected chi connectivity index (χ4v) is 4.77. The van der Waals surface area contributed by atoms with Crippen LogP contribution in [0.5, 0.6) is 0 Å². The van der Waals surface area contributed by atoms with Gasteiger partial charge in [0, 0.05) is 64.6 Å². The van der Waals surface area contributed by atoms with Crippen LogP contribution in [0.1, 0.15) is 46.5 Å². The minimum Gasteiger partial charge on any atom is -0.357 e. The number of likely N-dealkylation sites (tertiary alicyclic amines) is 1. The highest BCUT2D eigenvalue weighted by Gasteiger charge is 2.29. The summed E-state index contributed by atoms with van der Waals surface area (Å²) in [6.45, 7) is 13.2. The zero-order valence-corrected chi connectivity index (χ0v) is 19.5. The molecule has 1 aromatic rings. The zero-order chi connectivity index (χ0) is 22.1. The third-order valence-corrected chi connectivity index (χ3v) is 6.63. The van der Waals surface area contributed by atoms with Crippen LogP contribution in [0.2, 0.25) is 0 Å². The van der Waals surface area contributed by atoms with Crippen LogP contribution in [0.3, 0.4) is 0 Å². The first-order chi connectivity index (χ1) is 15.2. The molecule has 2 aliphatic rings. The highest BCUT2D eigenvalue weighted by atomic mass is 16.2. The predicted octanol–water partition coefficient (Wildman–Crippen LogP) is 2.24. The Bertz CT molecular complexity index is 699. The van der Waals surface area contributed by atoms with Crippen LogP contribution < -0.4 is 10.2 Å². The van der Waals surface area contributed by atoms with Crippen LogP contribution >= 0.6 is 0 Å². The molecule has 0 bridgehead atoms. The Morgan fingerprint density at radius 3 is 2.45 bits per heavy atom. The Kier molecular flexibility index (Phi) is 8.91. The van der Waals surface area contributed by atoms with E-state index in [0.717, 1.165) is 56.5 Å². The van der Waals surface area contributed by atoms with Crippen molar-refractivity contribution in [2.24, 2.45) is 16.8 Å². The maximum absolute atomic E-state index is 12.7. The van der Waals surface area contributed by atoms with Gasteiger partial charge in [-0.25, -0.2) is 9.97 Å². The minimum atomic E-state index is 0.185. The summed E-state index contributed by atoms with van der Waals surface area (Å²) in [6.07, 6.45) is 7.72. The second kappa shape index (κ2) is 11.9. The standard InChI is InChI=1S/C23H39N7O/c1-4-19(5-2)20-9-13-30(18-20)22(24-6-3)27-12-8-21(31)28-14-16-29(17-15-28)23-25-10-7-11-26-23/h7,10-11,19-20H,4-6,8-9,12-18H2,1-3H3,(H,24,27). The normalized spacial score (nSPS) is 19.9. The number of carbonyl (C=O) groups excluding carboxylic acids is 1. The van der Waals surface area contributed by atoms with E-state index in [1.165, 1.54) is 19.3 Å². The average Bonchev–Trinajstić information content (AvgIpc) is 3.30. The summed E-state index contributed by atoms with van der Waals surface area (Å²) in [7, 11) is 0. The molecule has 0 aromatic carbocycles. The largest absolute Gasteiger partial charge is 0.357 e. The van der Waals surface area contributed by atoms with Crippen molar-refractivity contribution in [2.45, 2.75) is 46.5 Å². The Morgan fingerprint density at radius 2 is 1.81 bits per heavy atom. The molecule has 0 saturated carbocycles. The van der Waals surface area contributed by atoms with Crippen molar-refractivity contribution in [3.8, 4) is 0 Å². The lowest BCUT2D eigenvalue weighted by atomic mass is 9.87. The van der Waals surface area contributed by atoms with E-state index in [1.54, 1.807) is 12.4 Å². The Balaban J connectivity index is 1.46. The van der Waals surface area contributed by atoms with Gasteiger partial charge in [-0.05, 0) is 31.2 Å². The van der Waals surface area contributed by atoms with Crippen LogP contribution in [-0.4, -0.2) is 84.0 Å². The van der Waals surface area contributed by atoms with Crippen LogP contribution in [0.4, 0.5) is 5.95 Å². The van der Waals surface area contributed by atoms with Crippen molar-refractivity contribution in [1.29, 1.82) is 0 Å². The number of rotatable bonds is 8. The summed E-state index contributed by atoms with van der Waals surface area (Å²) >= 11 is 0. The Labute approximate surface area is 187 Å². The quantitative estimate of drug-likeness (QED) is 0.504. The molecule has 8 nitrogen and oxygen atoms in total. The van der Waals surface area contributed by atoms with Gasteiger partial charge in [0.05, 0.1) is 6.54 Å². The SMILES string of the molecule is CCNC(=NCCC(=O)N1CCN(c2ncccn2)CC1)N1CCC(C(CC)CC)C1. The number of aliphatic imine (C=N–C) groups is 1. The number of amides is 1. The van der Waals surface area contributed by atoms with Crippen LogP contribution in [0, 0.1) is 11.8 Å². The van der Waals surface area contributed by atoms with E-state index in [-0.39, 0.29) is 5.91 Å². The van der Waals surface area contributed by atoms with Crippen molar-refractivity contribution < 1.29 is 4.79 Å². The van der Waals surface area contributed by atoms with Gasteiger partial charge in [0.1, 0.15) is 0 Å². The first kappa shape index (κ1) is 23.3. The van der Waals surface area contributed by atoms with Crippen molar-refractivity contribution in [1.82, 2.24) is 25.1 Å². The summed E-state index contributed by atoms with van der Waals surface area (Å²) in [5.74, 6) is 3.45. The van der Waals surface area contributed by atoms with Gasteiger partial charge in [0.2, 0.25) is 11.9 Å². The van der Waals surface area contributed by atoms with Gasteiger partial charge in [-0.15, -0.1) is 0 Å². The predicted molar refractivity (Wildman–Crippen MR) is 125 cm³/mol. The van der Waals surface area contributed by atoms with Crippen molar-refractivity contribution in [3.05, 3.63) is 18.5 Å². The maximum atomic E-state index is 12.7. The molecule has 1 N–H and O–H groups in total. The fraction of sp³-hybridized carbons (Fsp3) is 0.739. The topological polar surface area (TPSA) is 77.0 Å². The summed E-state index contributed by atoms with van der Waals surface area (Å²) in [5, 5.41) is 3.43. The molecule has 3 rings (SSSR count). The van der Waals surface area contributed by atoms with Crippen molar-refractivity contribution in [3.63, 3.8) is 0 Å². The number of nitrogens with one attached hydrogen (secondary N) is 1. The van der Waals surface area contributed by atoms with Gasteiger partial charge in [-0.1, -0.05) is 26.7 Å². The van der Waals surface area contributed by atoms with E-state index in [9.17, 15) is 4.79 Å². The van der Waals surface area contributed by atoms with E-state index in [4.69, 9.17) is 4.99 Å². The first-order valence-corrected chi connectivity index (χ1v) is 12.0. The number of carbonyl (C=O) groups is 1. The number of anilines is 1. The highest BCUT2D eigenvalue weighted by Crippen LogP contribution is 2.28. The zero-order valence-electron chi connectivity index (χ0n) is 19.5. The molecule has 0 spiro atoms. The second-order valence-electron chi connectivity index (χ2n) is 8.47. The lowest BCUT2D eigenvalue weighted by molar-refractivity contribution is -0.131. The molecule has 2 fully saturated rings. The van der Waals surface area contributed by atoms with Gasteiger partial charge in [-0.2, -0.15) is 0 Å². The monoisotopic (exact) mass is 429 g/mol. The molecule has 0 aliphatic carbocycles. The van der Waals surface area contributed by atoms with Crippen LogP contribution in [0.25, 0.3) is 0 Å². The van der Waals surface area contributed by atoms with Gasteiger partial charge >= 0.3 is 0 Å². The van der Waals surface area contributed by atoms with Gasteiger partial charge in [0.25, 0.3) is 0 Å². The molecule has 31 heavy (non-hydrogen) atoms. The molecule has 172 valence electrons. The van der Waals surface area contributed by atoms with Crippen molar-refractivity contribution >= 4 is 17.8 Å².